The zero-order valence-corrected chi connectivity index (χ0v) is 17.8. The standard InChI is InChI=1S/C21H15Cl2NO5S/c22-14-6-5-11(9-15(14)23)18-17-19(25)13-3-1-2-4-16(13)29-20(17)21(26)24(18)12-7-8-30(27,28)10-12/h1-6,9,12,18H,7-8,10H2/t12-,18-/m0/s1. The third-order valence-electron chi connectivity index (χ3n) is 5.67. The van der Waals surface area contributed by atoms with Crippen LogP contribution in [0.2, 0.25) is 10.0 Å². The summed E-state index contributed by atoms with van der Waals surface area (Å²) in [5, 5.41) is 0.972. The third-order valence-corrected chi connectivity index (χ3v) is 8.16. The first-order chi connectivity index (χ1) is 14.3. The van der Waals surface area contributed by atoms with E-state index in [0.29, 0.717) is 28.0 Å². The van der Waals surface area contributed by atoms with Crippen molar-refractivity contribution >= 4 is 49.9 Å². The molecular weight excluding hydrogens is 449 g/mol. The fourth-order valence-electron chi connectivity index (χ4n) is 4.32. The Kier molecular flexibility index (Phi) is 4.47. The second kappa shape index (κ2) is 6.83. The summed E-state index contributed by atoms with van der Waals surface area (Å²) in [5.41, 5.74) is 0.757. The van der Waals surface area contributed by atoms with Crippen molar-refractivity contribution in [2.75, 3.05) is 11.5 Å². The number of nitrogens with zero attached hydrogens (tertiary/aromatic N) is 1. The Morgan fingerprint density at radius 1 is 1.03 bits per heavy atom. The second-order valence-electron chi connectivity index (χ2n) is 7.52. The Morgan fingerprint density at radius 3 is 2.50 bits per heavy atom. The van der Waals surface area contributed by atoms with E-state index in [-0.39, 0.29) is 33.3 Å². The van der Waals surface area contributed by atoms with E-state index in [0.717, 1.165) is 0 Å². The lowest BCUT2D eigenvalue weighted by Crippen LogP contribution is -2.40. The zero-order chi connectivity index (χ0) is 21.2. The van der Waals surface area contributed by atoms with Crippen LogP contribution in [0.4, 0.5) is 0 Å². The molecule has 0 spiro atoms. The maximum atomic E-state index is 13.4. The van der Waals surface area contributed by atoms with Crippen molar-refractivity contribution in [3.63, 3.8) is 0 Å². The van der Waals surface area contributed by atoms with Gasteiger partial charge in [-0.15, -0.1) is 0 Å². The molecule has 3 heterocycles. The normalized spacial score (nSPS) is 22.6. The van der Waals surface area contributed by atoms with Gasteiger partial charge in [-0.3, -0.25) is 9.59 Å². The van der Waals surface area contributed by atoms with Crippen molar-refractivity contribution in [2.45, 2.75) is 18.5 Å². The Bertz CT molecular complexity index is 1380. The van der Waals surface area contributed by atoms with Gasteiger partial charge in [0.2, 0.25) is 5.76 Å². The number of rotatable bonds is 2. The van der Waals surface area contributed by atoms with Crippen LogP contribution < -0.4 is 5.43 Å². The molecule has 3 aromatic rings. The summed E-state index contributed by atoms with van der Waals surface area (Å²) in [4.78, 5) is 28.2. The lowest BCUT2D eigenvalue weighted by Gasteiger charge is -2.30. The van der Waals surface area contributed by atoms with Gasteiger partial charge < -0.3 is 9.32 Å². The molecule has 2 aliphatic rings. The van der Waals surface area contributed by atoms with E-state index < -0.39 is 27.8 Å². The lowest BCUT2D eigenvalue weighted by molar-refractivity contribution is 0.0662. The van der Waals surface area contributed by atoms with E-state index in [1.54, 1.807) is 42.5 Å². The fraction of sp³-hybridized carbons (Fsp3) is 0.238. The largest absolute Gasteiger partial charge is 0.450 e. The Morgan fingerprint density at radius 2 is 1.80 bits per heavy atom. The molecule has 1 amide bonds. The molecule has 0 saturated carbocycles. The van der Waals surface area contributed by atoms with Crippen molar-refractivity contribution in [1.82, 2.24) is 4.90 Å². The maximum absolute atomic E-state index is 13.4. The second-order valence-corrected chi connectivity index (χ2v) is 10.6. The third kappa shape index (κ3) is 2.95. The van der Waals surface area contributed by atoms with Gasteiger partial charge >= 0.3 is 0 Å². The summed E-state index contributed by atoms with van der Waals surface area (Å²) in [6.45, 7) is 0. The van der Waals surface area contributed by atoms with E-state index in [4.69, 9.17) is 27.6 Å². The van der Waals surface area contributed by atoms with Crippen LogP contribution in [0.3, 0.4) is 0 Å². The predicted octanol–water partition coefficient (Wildman–Crippen LogP) is 3.83. The average Bonchev–Trinajstić information content (AvgIpc) is 3.21. The summed E-state index contributed by atoms with van der Waals surface area (Å²) in [6, 6.07) is 10.2. The van der Waals surface area contributed by atoms with Crippen LogP contribution in [0.1, 0.15) is 34.1 Å². The maximum Gasteiger partial charge on any atom is 0.291 e. The minimum absolute atomic E-state index is 0.00473. The lowest BCUT2D eigenvalue weighted by atomic mass is 9.97. The van der Waals surface area contributed by atoms with Crippen LogP contribution in [0.5, 0.6) is 0 Å². The minimum atomic E-state index is -3.26. The van der Waals surface area contributed by atoms with E-state index >= 15 is 0 Å². The summed E-state index contributed by atoms with van der Waals surface area (Å²) >= 11 is 12.3. The molecule has 2 aromatic carbocycles. The van der Waals surface area contributed by atoms with E-state index in [9.17, 15) is 18.0 Å². The zero-order valence-electron chi connectivity index (χ0n) is 15.5. The van der Waals surface area contributed by atoms with Crippen LogP contribution in [0, 0.1) is 0 Å². The van der Waals surface area contributed by atoms with E-state index in [1.807, 2.05) is 0 Å². The number of halogens is 2. The monoisotopic (exact) mass is 463 g/mol. The molecule has 5 rings (SSSR count). The van der Waals surface area contributed by atoms with Crippen LogP contribution in [-0.2, 0) is 9.84 Å². The minimum Gasteiger partial charge on any atom is -0.450 e. The summed E-state index contributed by atoms with van der Waals surface area (Å²) in [5.74, 6) is -0.710. The van der Waals surface area contributed by atoms with Gasteiger partial charge in [0.1, 0.15) is 5.58 Å². The Labute approximate surface area is 181 Å². The van der Waals surface area contributed by atoms with E-state index in [1.165, 1.54) is 4.90 Å². The molecule has 0 radical (unpaired) electrons. The molecule has 0 aliphatic carbocycles. The highest BCUT2D eigenvalue weighted by Gasteiger charge is 2.48. The fourth-order valence-corrected chi connectivity index (χ4v) is 6.34. The highest BCUT2D eigenvalue weighted by atomic mass is 35.5. The molecule has 2 atom stereocenters. The molecule has 0 bridgehead atoms. The van der Waals surface area contributed by atoms with Gasteiger partial charge in [-0.1, -0.05) is 41.4 Å². The number of amides is 1. The number of carbonyl (C=O) groups excluding carboxylic acids is 1. The molecule has 6 nitrogen and oxygen atoms in total. The van der Waals surface area contributed by atoms with Gasteiger partial charge in [0, 0.05) is 6.04 Å². The van der Waals surface area contributed by atoms with Gasteiger partial charge in [-0.25, -0.2) is 8.42 Å². The molecular formula is C21H15Cl2NO5S. The number of para-hydroxylation sites is 1. The Hall–Kier alpha value is -2.35. The summed E-state index contributed by atoms with van der Waals surface area (Å²) in [7, 11) is -3.26. The number of sulfone groups is 1. The van der Waals surface area contributed by atoms with Gasteiger partial charge in [0.05, 0.1) is 38.5 Å². The van der Waals surface area contributed by atoms with Crippen molar-refractivity contribution in [1.29, 1.82) is 0 Å². The number of hydrogen-bond acceptors (Lipinski definition) is 5. The Balaban J connectivity index is 1.77. The van der Waals surface area contributed by atoms with Gasteiger partial charge in [0.15, 0.2) is 15.3 Å². The van der Waals surface area contributed by atoms with Crippen molar-refractivity contribution in [3.8, 4) is 0 Å². The topological polar surface area (TPSA) is 84.7 Å². The molecule has 2 aliphatic heterocycles. The SMILES string of the molecule is O=C1c2oc3ccccc3c(=O)c2[C@H](c2ccc(Cl)c(Cl)c2)N1[C@H]1CCS(=O)(=O)C1. The smallest absolute Gasteiger partial charge is 0.291 e. The first kappa shape index (κ1) is 19.6. The molecule has 1 aromatic heterocycles. The molecule has 1 fully saturated rings. The summed E-state index contributed by atoms with van der Waals surface area (Å²) < 4.78 is 30.1. The number of fused-ring (bicyclic) bond motifs is 2. The predicted molar refractivity (Wildman–Crippen MR) is 114 cm³/mol. The molecule has 9 heteroatoms. The van der Waals surface area contributed by atoms with Crippen LogP contribution in [0.25, 0.3) is 11.0 Å². The number of hydrogen-bond donors (Lipinski definition) is 0. The van der Waals surface area contributed by atoms with E-state index in [2.05, 4.69) is 0 Å². The van der Waals surface area contributed by atoms with Gasteiger partial charge in [-0.05, 0) is 36.2 Å². The number of carbonyl (C=O) groups is 1. The van der Waals surface area contributed by atoms with Crippen molar-refractivity contribution in [3.05, 3.63) is 79.6 Å². The highest BCUT2D eigenvalue weighted by molar-refractivity contribution is 7.91. The molecule has 0 N–H and O–H groups in total. The van der Waals surface area contributed by atoms with Crippen LogP contribution in [-0.4, -0.2) is 36.8 Å². The quantitative estimate of drug-likeness (QED) is 0.576. The van der Waals surface area contributed by atoms with Crippen molar-refractivity contribution in [2.24, 2.45) is 0 Å². The molecule has 1 saturated heterocycles. The highest BCUT2D eigenvalue weighted by Crippen LogP contribution is 2.42. The molecule has 154 valence electrons. The molecule has 0 unspecified atom stereocenters. The van der Waals surface area contributed by atoms with Crippen LogP contribution >= 0.6 is 23.2 Å². The molecule has 30 heavy (non-hydrogen) atoms. The first-order valence-electron chi connectivity index (χ1n) is 9.30. The first-order valence-corrected chi connectivity index (χ1v) is 11.9. The number of benzene rings is 2. The van der Waals surface area contributed by atoms with Crippen molar-refractivity contribution < 1.29 is 17.6 Å². The van der Waals surface area contributed by atoms with Crippen LogP contribution in [0.15, 0.2) is 51.7 Å². The van der Waals surface area contributed by atoms with Gasteiger partial charge in [-0.2, -0.15) is 0 Å². The summed E-state index contributed by atoms with van der Waals surface area (Å²) in [6.07, 6.45) is 0.299. The average molecular weight is 464 g/mol. The van der Waals surface area contributed by atoms with Gasteiger partial charge in [0.25, 0.3) is 5.91 Å².